The Morgan fingerprint density at radius 2 is 1.65 bits per heavy atom. The largest absolute Gasteiger partial charge is 0.273 e. The molecule has 0 aromatic heterocycles. The Morgan fingerprint density at radius 3 is 2.31 bits per heavy atom. The summed E-state index contributed by atoms with van der Waals surface area (Å²) in [4.78, 5) is 24.0. The monoisotopic (exact) mass is 375 g/mol. The van der Waals surface area contributed by atoms with Gasteiger partial charge in [-0.2, -0.15) is 0 Å². The molecule has 8 heteroatoms. The smallest absolute Gasteiger partial charge is 0.269 e. The number of rotatable bonds is 6. The summed E-state index contributed by atoms with van der Waals surface area (Å²) < 4.78 is 26.4. The minimum atomic E-state index is -3.66. The molecule has 2 rings (SSSR count). The molecule has 2 aromatic carbocycles. The summed E-state index contributed by atoms with van der Waals surface area (Å²) in [6, 6.07) is 13.2. The fourth-order valence-corrected chi connectivity index (χ4v) is 3.36. The van der Waals surface area contributed by atoms with Crippen LogP contribution in [-0.4, -0.2) is 26.8 Å². The fraction of sp³-hybridized carbons (Fsp3) is 0.222. The van der Waals surface area contributed by atoms with Gasteiger partial charge < -0.3 is 0 Å². The highest BCUT2D eigenvalue weighted by Crippen LogP contribution is 2.10. The summed E-state index contributed by atoms with van der Waals surface area (Å²) in [7, 11) is -3.66. The number of hydrogen-bond donors (Lipinski definition) is 3. The lowest BCUT2D eigenvalue weighted by atomic mass is 10.1. The minimum absolute atomic E-state index is 0.0809. The van der Waals surface area contributed by atoms with E-state index in [-0.39, 0.29) is 17.9 Å². The highest BCUT2D eigenvalue weighted by atomic mass is 32.2. The van der Waals surface area contributed by atoms with Gasteiger partial charge >= 0.3 is 0 Å². The van der Waals surface area contributed by atoms with Gasteiger partial charge in [-0.25, -0.2) is 13.1 Å². The van der Waals surface area contributed by atoms with E-state index in [1.54, 1.807) is 24.3 Å². The van der Waals surface area contributed by atoms with Crippen molar-refractivity contribution >= 4 is 21.8 Å². The molecular formula is C18H21N3O4S. The van der Waals surface area contributed by atoms with Crippen molar-refractivity contribution in [2.75, 3.05) is 6.54 Å². The number of hydrazine groups is 1. The summed E-state index contributed by atoms with van der Waals surface area (Å²) in [6.07, 6.45) is -0.112. The second kappa shape index (κ2) is 8.59. The van der Waals surface area contributed by atoms with E-state index in [1.165, 1.54) is 12.1 Å². The number of carbonyl (C=O) groups is 2. The molecule has 0 aliphatic carbocycles. The normalized spacial score (nSPS) is 11.0. The van der Waals surface area contributed by atoms with Crippen molar-refractivity contribution in [1.29, 1.82) is 0 Å². The second-order valence-electron chi connectivity index (χ2n) is 5.78. The van der Waals surface area contributed by atoms with Crippen molar-refractivity contribution in [3.8, 4) is 0 Å². The van der Waals surface area contributed by atoms with E-state index in [1.807, 2.05) is 26.0 Å². The van der Waals surface area contributed by atoms with Crippen molar-refractivity contribution in [3.63, 3.8) is 0 Å². The van der Waals surface area contributed by atoms with Gasteiger partial charge in [-0.15, -0.1) is 0 Å². The van der Waals surface area contributed by atoms with Gasteiger partial charge in [0.1, 0.15) is 0 Å². The van der Waals surface area contributed by atoms with Crippen LogP contribution in [0.2, 0.25) is 0 Å². The van der Waals surface area contributed by atoms with Gasteiger partial charge in [-0.3, -0.25) is 20.4 Å². The highest BCUT2D eigenvalue weighted by Gasteiger charge is 2.14. The number of benzene rings is 2. The van der Waals surface area contributed by atoms with Crippen LogP contribution in [0, 0.1) is 13.8 Å². The molecule has 0 radical (unpaired) electrons. The number of hydrogen-bond acceptors (Lipinski definition) is 4. The SMILES string of the molecule is Cc1ccc(C(=O)NNC(=O)CCNS(=O)(=O)c2ccccc2)c(C)c1. The van der Waals surface area contributed by atoms with E-state index in [0.717, 1.165) is 11.1 Å². The van der Waals surface area contributed by atoms with Crippen LogP contribution >= 0.6 is 0 Å². The third-order valence-electron chi connectivity index (χ3n) is 3.64. The molecule has 138 valence electrons. The molecular weight excluding hydrogens is 354 g/mol. The van der Waals surface area contributed by atoms with E-state index in [9.17, 15) is 18.0 Å². The summed E-state index contributed by atoms with van der Waals surface area (Å²) >= 11 is 0. The topological polar surface area (TPSA) is 104 Å². The molecule has 2 amide bonds. The molecule has 0 aliphatic heterocycles. The number of carbonyl (C=O) groups excluding carboxylic acids is 2. The lowest BCUT2D eigenvalue weighted by molar-refractivity contribution is -0.121. The van der Waals surface area contributed by atoms with E-state index < -0.39 is 21.8 Å². The predicted octanol–water partition coefficient (Wildman–Crippen LogP) is 1.43. The molecule has 0 saturated heterocycles. The van der Waals surface area contributed by atoms with Gasteiger partial charge in [0.2, 0.25) is 15.9 Å². The van der Waals surface area contributed by atoms with Crippen LogP contribution in [0.25, 0.3) is 0 Å². The van der Waals surface area contributed by atoms with Gasteiger partial charge in [-0.1, -0.05) is 35.9 Å². The first-order valence-corrected chi connectivity index (χ1v) is 9.49. The second-order valence-corrected chi connectivity index (χ2v) is 7.55. The molecule has 0 atom stereocenters. The Hall–Kier alpha value is -2.71. The summed E-state index contributed by atoms with van der Waals surface area (Å²) in [5, 5.41) is 0. The third kappa shape index (κ3) is 5.40. The average Bonchev–Trinajstić information content (AvgIpc) is 2.60. The van der Waals surface area contributed by atoms with Gasteiger partial charge in [0.05, 0.1) is 4.90 Å². The maximum absolute atomic E-state index is 12.1. The zero-order valence-electron chi connectivity index (χ0n) is 14.6. The van der Waals surface area contributed by atoms with Gasteiger partial charge in [0.25, 0.3) is 5.91 Å². The first-order valence-electron chi connectivity index (χ1n) is 8.01. The van der Waals surface area contributed by atoms with E-state index in [2.05, 4.69) is 15.6 Å². The maximum atomic E-state index is 12.1. The fourth-order valence-electron chi connectivity index (χ4n) is 2.31. The maximum Gasteiger partial charge on any atom is 0.269 e. The Morgan fingerprint density at radius 1 is 0.962 bits per heavy atom. The van der Waals surface area contributed by atoms with Gasteiger partial charge in [-0.05, 0) is 37.6 Å². The number of nitrogens with one attached hydrogen (secondary N) is 3. The molecule has 0 fully saturated rings. The van der Waals surface area contributed by atoms with Crippen molar-refractivity contribution in [3.05, 3.63) is 65.2 Å². The van der Waals surface area contributed by atoms with Crippen LogP contribution in [0.3, 0.4) is 0 Å². The summed E-state index contributed by atoms with van der Waals surface area (Å²) in [6.45, 7) is 3.65. The van der Waals surface area contributed by atoms with Crippen molar-refractivity contribution in [2.45, 2.75) is 25.2 Å². The summed E-state index contributed by atoms with van der Waals surface area (Å²) in [5.74, 6) is -0.931. The van der Waals surface area contributed by atoms with E-state index in [0.29, 0.717) is 5.56 Å². The van der Waals surface area contributed by atoms with E-state index in [4.69, 9.17) is 0 Å². The lowest BCUT2D eigenvalue weighted by Gasteiger charge is -2.10. The van der Waals surface area contributed by atoms with Crippen LogP contribution in [0.5, 0.6) is 0 Å². The molecule has 7 nitrogen and oxygen atoms in total. The van der Waals surface area contributed by atoms with E-state index >= 15 is 0 Å². The highest BCUT2D eigenvalue weighted by molar-refractivity contribution is 7.89. The number of amides is 2. The average molecular weight is 375 g/mol. The molecule has 3 N–H and O–H groups in total. The zero-order chi connectivity index (χ0) is 19.2. The van der Waals surface area contributed by atoms with Gasteiger partial charge in [0, 0.05) is 18.5 Å². The molecule has 0 spiro atoms. The van der Waals surface area contributed by atoms with Crippen LogP contribution in [0.15, 0.2) is 53.4 Å². The Bertz CT molecular complexity index is 896. The Balaban J connectivity index is 1.79. The molecule has 0 unspecified atom stereocenters. The van der Waals surface area contributed by atoms with Crippen molar-refractivity contribution in [2.24, 2.45) is 0 Å². The van der Waals surface area contributed by atoms with Crippen LogP contribution in [0.1, 0.15) is 27.9 Å². The number of sulfonamides is 1. The lowest BCUT2D eigenvalue weighted by Crippen LogP contribution is -2.43. The Labute approximate surface area is 152 Å². The molecule has 0 aliphatic rings. The minimum Gasteiger partial charge on any atom is -0.273 e. The first kappa shape index (κ1) is 19.6. The van der Waals surface area contributed by atoms with Crippen LogP contribution in [-0.2, 0) is 14.8 Å². The standard InChI is InChI=1S/C18H21N3O4S/c1-13-8-9-16(14(2)12-13)18(23)21-20-17(22)10-11-19-26(24,25)15-6-4-3-5-7-15/h3-9,12,19H,10-11H2,1-2H3,(H,20,22)(H,21,23). The predicted molar refractivity (Wildman–Crippen MR) is 97.8 cm³/mol. The molecule has 0 bridgehead atoms. The number of aryl methyl sites for hydroxylation is 2. The van der Waals surface area contributed by atoms with Crippen molar-refractivity contribution in [1.82, 2.24) is 15.6 Å². The molecule has 0 saturated carbocycles. The van der Waals surface area contributed by atoms with Crippen molar-refractivity contribution < 1.29 is 18.0 Å². The molecule has 2 aromatic rings. The third-order valence-corrected chi connectivity index (χ3v) is 5.12. The summed E-state index contributed by atoms with van der Waals surface area (Å²) in [5.41, 5.74) is 6.89. The van der Waals surface area contributed by atoms with Gasteiger partial charge in [0.15, 0.2) is 0 Å². The molecule has 26 heavy (non-hydrogen) atoms. The van der Waals surface area contributed by atoms with Crippen LogP contribution in [0.4, 0.5) is 0 Å². The first-order chi connectivity index (χ1) is 12.3. The molecule has 0 heterocycles. The quantitative estimate of drug-likeness (QED) is 0.665. The zero-order valence-corrected chi connectivity index (χ0v) is 15.4. The van der Waals surface area contributed by atoms with Crippen LogP contribution < -0.4 is 15.6 Å². The Kier molecular flexibility index (Phi) is 6.48.